The number of carbonyl (C=O) groups is 1. The minimum absolute atomic E-state index is 0.0967. The first kappa shape index (κ1) is 20.2. The lowest BCUT2D eigenvalue weighted by atomic mass is 9.95. The highest BCUT2D eigenvalue weighted by atomic mass is 32.1. The number of thiophene rings is 1. The number of rotatable bonds is 4. The zero-order valence-electron chi connectivity index (χ0n) is 17.4. The lowest BCUT2D eigenvalue weighted by molar-refractivity contribution is 0.0946. The number of halogens is 1. The Labute approximate surface area is 188 Å². The maximum atomic E-state index is 13.8. The normalized spacial score (nSPS) is 12.8. The quantitative estimate of drug-likeness (QED) is 0.487. The van der Waals surface area contributed by atoms with Gasteiger partial charge in [0, 0.05) is 48.7 Å². The Kier molecular flexibility index (Phi) is 5.08. The van der Waals surface area contributed by atoms with E-state index in [-0.39, 0.29) is 5.91 Å². The molecule has 3 aromatic heterocycles. The van der Waals surface area contributed by atoms with Crippen LogP contribution in [-0.2, 0) is 13.0 Å². The van der Waals surface area contributed by atoms with Crippen LogP contribution in [0.25, 0.3) is 22.4 Å². The topological polar surface area (TPSA) is 70.7 Å². The molecule has 0 unspecified atom stereocenters. The van der Waals surface area contributed by atoms with E-state index in [1.165, 1.54) is 12.1 Å². The van der Waals surface area contributed by atoms with Gasteiger partial charge < -0.3 is 9.88 Å². The molecule has 7 heteroatoms. The molecule has 0 saturated carbocycles. The van der Waals surface area contributed by atoms with Crippen molar-refractivity contribution in [1.29, 1.82) is 5.26 Å². The van der Waals surface area contributed by atoms with Crippen LogP contribution in [0, 0.1) is 24.1 Å². The van der Waals surface area contributed by atoms with Gasteiger partial charge in [-0.05, 0) is 58.6 Å². The Hall–Kier alpha value is -3.76. The van der Waals surface area contributed by atoms with Gasteiger partial charge in [-0.3, -0.25) is 9.78 Å². The van der Waals surface area contributed by atoms with Crippen LogP contribution in [0.4, 0.5) is 4.39 Å². The molecular formula is C25H19FN4OS. The van der Waals surface area contributed by atoms with Crippen molar-refractivity contribution in [2.45, 2.75) is 19.9 Å². The van der Waals surface area contributed by atoms with E-state index in [2.05, 4.69) is 31.7 Å². The van der Waals surface area contributed by atoms with Gasteiger partial charge >= 0.3 is 0 Å². The lowest BCUT2D eigenvalue weighted by Gasteiger charge is -2.18. The molecule has 4 heterocycles. The van der Waals surface area contributed by atoms with Gasteiger partial charge in [0.2, 0.25) is 0 Å². The summed E-state index contributed by atoms with van der Waals surface area (Å²) in [6.45, 7) is 2.95. The van der Waals surface area contributed by atoms with Gasteiger partial charge in [-0.1, -0.05) is 6.07 Å². The molecule has 1 amide bonds. The fourth-order valence-corrected chi connectivity index (χ4v) is 5.22. The van der Waals surface area contributed by atoms with E-state index in [0.717, 1.165) is 33.6 Å². The number of nitrogens with one attached hydrogen (secondary N) is 1. The molecule has 1 aromatic carbocycles. The summed E-state index contributed by atoms with van der Waals surface area (Å²) in [5, 5.41) is 16.7. The zero-order chi connectivity index (χ0) is 22.2. The molecule has 0 fully saturated rings. The van der Waals surface area contributed by atoms with Crippen LogP contribution < -0.4 is 5.32 Å². The molecule has 158 valence electrons. The third-order valence-electron chi connectivity index (χ3n) is 5.85. The Morgan fingerprint density at radius 3 is 2.75 bits per heavy atom. The van der Waals surface area contributed by atoms with Gasteiger partial charge in [-0.2, -0.15) is 16.6 Å². The summed E-state index contributed by atoms with van der Waals surface area (Å²) in [7, 11) is 0. The fraction of sp³-hybridized carbons (Fsp3) is 0.160. The molecule has 32 heavy (non-hydrogen) atoms. The van der Waals surface area contributed by atoms with Crippen molar-refractivity contribution in [1.82, 2.24) is 14.9 Å². The van der Waals surface area contributed by atoms with Crippen LogP contribution in [0.15, 0.2) is 53.5 Å². The number of pyridine rings is 1. The molecule has 1 aliphatic heterocycles. The molecule has 1 aliphatic rings. The first-order chi connectivity index (χ1) is 15.6. The number of nitrogens with zero attached hydrogens (tertiary/aromatic N) is 3. The van der Waals surface area contributed by atoms with Gasteiger partial charge in [0.15, 0.2) is 0 Å². The zero-order valence-corrected chi connectivity index (χ0v) is 18.2. The monoisotopic (exact) mass is 442 g/mol. The number of hydrogen-bond donors (Lipinski definition) is 1. The smallest absolute Gasteiger partial charge is 0.253 e. The van der Waals surface area contributed by atoms with Crippen LogP contribution in [0.5, 0.6) is 0 Å². The van der Waals surface area contributed by atoms with E-state index in [4.69, 9.17) is 0 Å². The second-order valence-electron chi connectivity index (χ2n) is 7.75. The van der Waals surface area contributed by atoms with Crippen LogP contribution in [0.2, 0.25) is 0 Å². The van der Waals surface area contributed by atoms with Crippen LogP contribution in [0.1, 0.15) is 32.7 Å². The lowest BCUT2D eigenvalue weighted by Crippen LogP contribution is -2.32. The largest absolute Gasteiger partial charge is 0.352 e. The van der Waals surface area contributed by atoms with Gasteiger partial charge in [0.05, 0.1) is 22.9 Å². The Balaban J connectivity index is 1.84. The number of nitriles is 1. The van der Waals surface area contributed by atoms with E-state index in [9.17, 15) is 14.4 Å². The number of amides is 1. The fourth-order valence-electron chi connectivity index (χ4n) is 4.38. The van der Waals surface area contributed by atoms with Crippen molar-refractivity contribution in [2.24, 2.45) is 0 Å². The first-order valence-electron chi connectivity index (χ1n) is 10.2. The summed E-state index contributed by atoms with van der Waals surface area (Å²) in [4.78, 5) is 17.3. The summed E-state index contributed by atoms with van der Waals surface area (Å²) < 4.78 is 15.9. The highest BCUT2D eigenvalue weighted by molar-refractivity contribution is 7.08. The number of fused-ring (bicyclic) bond motifs is 1. The highest BCUT2D eigenvalue weighted by Crippen LogP contribution is 2.43. The summed E-state index contributed by atoms with van der Waals surface area (Å²) in [5.41, 5.74) is 7.45. The third-order valence-corrected chi connectivity index (χ3v) is 6.71. The van der Waals surface area contributed by atoms with Crippen molar-refractivity contribution in [3.05, 3.63) is 87.3 Å². The number of hydrogen-bond acceptors (Lipinski definition) is 4. The standard InChI is InChI=1S/C25H19FN4OS/c1-15-13-32-14-20(15)22-23-21(6-9-29-25(23)31)30(24(22)16-4-7-28-8-5-16)12-17-2-3-19(26)10-18(17)11-27/h2-5,7-8,10,13-14H,6,9,12H2,1H3,(H,29,31). The Morgan fingerprint density at radius 1 is 1.22 bits per heavy atom. The maximum Gasteiger partial charge on any atom is 0.253 e. The molecule has 0 atom stereocenters. The van der Waals surface area contributed by atoms with Crippen LogP contribution in [-0.4, -0.2) is 22.0 Å². The molecule has 0 spiro atoms. The number of benzene rings is 1. The SMILES string of the molecule is Cc1cscc1-c1c2c(n(Cc3ccc(F)cc3C#N)c1-c1ccncc1)CCNC2=O. The number of aromatic nitrogens is 2. The maximum absolute atomic E-state index is 13.8. The van der Waals surface area contributed by atoms with Crippen molar-refractivity contribution < 1.29 is 9.18 Å². The predicted octanol–water partition coefficient (Wildman–Crippen LogP) is 4.93. The molecule has 4 aromatic rings. The molecule has 5 nitrogen and oxygen atoms in total. The average molecular weight is 443 g/mol. The van der Waals surface area contributed by atoms with Crippen molar-refractivity contribution in [2.75, 3.05) is 6.54 Å². The Morgan fingerprint density at radius 2 is 2.03 bits per heavy atom. The van der Waals surface area contributed by atoms with Gasteiger partial charge in [-0.25, -0.2) is 4.39 Å². The molecular weight excluding hydrogens is 423 g/mol. The summed E-state index contributed by atoms with van der Waals surface area (Å²) in [6, 6.07) is 10.2. The predicted molar refractivity (Wildman–Crippen MR) is 122 cm³/mol. The van der Waals surface area contributed by atoms with E-state index >= 15 is 0 Å². The average Bonchev–Trinajstić information content (AvgIpc) is 3.37. The summed E-state index contributed by atoms with van der Waals surface area (Å²) in [6.07, 6.45) is 4.13. The van der Waals surface area contributed by atoms with Crippen molar-refractivity contribution in [3.63, 3.8) is 0 Å². The molecule has 5 rings (SSSR count). The van der Waals surface area contributed by atoms with Gasteiger partial charge in [-0.15, -0.1) is 0 Å². The Bertz CT molecular complexity index is 1380. The summed E-state index contributed by atoms with van der Waals surface area (Å²) in [5.74, 6) is -0.538. The molecule has 0 saturated heterocycles. The second-order valence-corrected chi connectivity index (χ2v) is 8.50. The molecule has 1 N–H and O–H groups in total. The van der Waals surface area contributed by atoms with E-state index in [0.29, 0.717) is 36.2 Å². The molecule has 0 bridgehead atoms. The first-order valence-corrected chi connectivity index (χ1v) is 11.2. The van der Waals surface area contributed by atoms with Gasteiger partial charge in [0.1, 0.15) is 5.82 Å². The minimum atomic E-state index is -0.442. The van der Waals surface area contributed by atoms with Crippen molar-refractivity contribution in [3.8, 4) is 28.5 Å². The molecule has 0 aliphatic carbocycles. The van der Waals surface area contributed by atoms with E-state index < -0.39 is 5.82 Å². The third kappa shape index (κ3) is 3.29. The van der Waals surface area contributed by atoms with Crippen molar-refractivity contribution >= 4 is 17.2 Å². The highest BCUT2D eigenvalue weighted by Gasteiger charge is 2.32. The van der Waals surface area contributed by atoms with Crippen LogP contribution in [0.3, 0.4) is 0 Å². The second kappa shape index (κ2) is 8.06. The summed E-state index contributed by atoms with van der Waals surface area (Å²) >= 11 is 1.60. The minimum Gasteiger partial charge on any atom is -0.352 e. The number of carbonyl (C=O) groups excluding carboxylic acids is 1. The van der Waals surface area contributed by atoms with E-state index in [1.54, 1.807) is 29.8 Å². The van der Waals surface area contributed by atoms with E-state index in [1.807, 2.05) is 19.1 Å². The molecule has 0 radical (unpaired) electrons. The van der Waals surface area contributed by atoms with Crippen LogP contribution >= 0.6 is 11.3 Å². The van der Waals surface area contributed by atoms with Gasteiger partial charge in [0.25, 0.3) is 5.91 Å². The number of aryl methyl sites for hydroxylation is 1.